The summed E-state index contributed by atoms with van der Waals surface area (Å²) in [7, 11) is 0. The normalized spacial score (nSPS) is 12.0. The van der Waals surface area contributed by atoms with Crippen molar-refractivity contribution in [2.75, 3.05) is 13.1 Å². The molecule has 3 rings (SSSR count). The molecule has 0 bridgehead atoms. The van der Waals surface area contributed by atoms with Gasteiger partial charge in [-0.1, -0.05) is 48.5 Å². The zero-order valence-electron chi connectivity index (χ0n) is 15.0. The number of nitrogens with zero attached hydrogens (tertiary/aromatic N) is 2. The summed E-state index contributed by atoms with van der Waals surface area (Å²) in [6.07, 6.45) is 0. The van der Waals surface area contributed by atoms with E-state index in [2.05, 4.69) is 35.1 Å². The van der Waals surface area contributed by atoms with Gasteiger partial charge in [-0.3, -0.25) is 27.2 Å². The van der Waals surface area contributed by atoms with Gasteiger partial charge >= 0.3 is 0 Å². The lowest BCUT2D eigenvalue weighted by atomic mass is 10.1. The van der Waals surface area contributed by atoms with Crippen molar-refractivity contribution in [2.24, 2.45) is 11.7 Å². The lowest BCUT2D eigenvalue weighted by Gasteiger charge is -2.28. The van der Waals surface area contributed by atoms with Crippen LogP contribution in [-0.2, 0) is 17.9 Å². The number of rotatable bonds is 9. The van der Waals surface area contributed by atoms with Crippen molar-refractivity contribution in [3.8, 4) is 0 Å². The molecule has 0 amide bonds. The van der Waals surface area contributed by atoms with Gasteiger partial charge in [-0.25, -0.2) is 0 Å². The Labute approximate surface area is 153 Å². The van der Waals surface area contributed by atoms with Crippen molar-refractivity contribution in [3.05, 3.63) is 65.9 Å². The van der Waals surface area contributed by atoms with E-state index >= 15 is 0 Å². The van der Waals surface area contributed by atoms with Crippen LogP contribution in [0.25, 0.3) is 10.9 Å². The number of benzene rings is 2. The maximum atomic E-state index is 6.11. The van der Waals surface area contributed by atoms with Gasteiger partial charge in [-0.2, -0.15) is 5.10 Å². The van der Waals surface area contributed by atoms with E-state index in [4.69, 9.17) is 21.5 Å². The number of hydrogen-bond acceptors (Lipinski definition) is 6. The molecule has 1 aromatic heterocycles. The largest absolute Gasteiger partial charge is 0.366 e. The molecule has 0 aliphatic heterocycles. The van der Waals surface area contributed by atoms with Crippen LogP contribution in [0.2, 0.25) is 0 Å². The maximum Gasteiger partial charge on any atom is 0.0960 e. The quantitative estimate of drug-likeness (QED) is 0.341. The molecule has 3 aromatic rings. The number of hydrogen-bond donors (Lipinski definition) is 4. The highest BCUT2D eigenvalue weighted by Crippen LogP contribution is 2.22. The predicted molar refractivity (Wildman–Crippen MR) is 103 cm³/mol. The molecule has 0 aliphatic rings. The molecule has 1 heterocycles. The van der Waals surface area contributed by atoms with Crippen molar-refractivity contribution in [1.82, 2.24) is 20.6 Å². The molecule has 0 unspecified atom stereocenters. The number of para-hydroxylation sites is 1. The summed E-state index contributed by atoms with van der Waals surface area (Å²) < 4.78 is 8.12. The van der Waals surface area contributed by atoms with E-state index in [1.807, 2.05) is 41.9 Å². The highest BCUT2D eigenvalue weighted by atomic mass is 16.5. The Morgan fingerprint density at radius 3 is 2.35 bits per heavy atom. The lowest BCUT2D eigenvalue weighted by molar-refractivity contribution is -0.0414. The van der Waals surface area contributed by atoms with Crippen LogP contribution in [0, 0.1) is 0 Å². The third-order valence-corrected chi connectivity index (χ3v) is 4.42. The Morgan fingerprint density at radius 1 is 1.00 bits per heavy atom. The third-order valence-electron chi connectivity index (χ3n) is 4.42. The van der Waals surface area contributed by atoms with Gasteiger partial charge in [0, 0.05) is 18.5 Å². The van der Waals surface area contributed by atoms with E-state index in [0.29, 0.717) is 26.2 Å². The molecule has 0 aliphatic carbocycles. The molecule has 26 heavy (non-hydrogen) atoms. The minimum atomic E-state index is -0.534. The van der Waals surface area contributed by atoms with E-state index in [-0.39, 0.29) is 0 Å². The molecule has 0 atom stereocenters. The molecule has 6 N–H and O–H groups in total. The number of hydrazine groups is 2. The molecule has 0 spiro atoms. The van der Waals surface area contributed by atoms with Crippen LogP contribution in [0.4, 0.5) is 0 Å². The summed E-state index contributed by atoms with van der Waals surface area (Å²) in [5.41, 5.74) is 7.98. The van der Waals surface area contributed by atoms with E-state index in [0.717, 1.165) is 16.6 Å². The zero-order valence-corrected chi connectivity index (χ0v) is 15.0. The van der Waals surface area contributed by atoms with E-state index in [1.165, 1.54) is 5.56 Å². The second kappa shape index (κ2) is 8.39. The van der Waals surface area contributed by atoms with E-state index in [1.54, 1.807) is 0 Å². The molecule has 0 saturated carbocycles. The first-order valence-corrected chi connectivity index (χ1v) is 8.64. The summed E-state index contributed by atoms with van der Waals surface area (Å²) in [5.74, 6) is 11.0. The van der Waals surface area contributed by atoms with Gasteiger partial charge in [0.2, 0.25) is 0 Å². The molecule has 7 heteroatoms. The fourth-order valence-corrected chi connectivity index (χ4v) is 3.02. The SMILES string of the molecule is CC(CNN)(CNN)OCc1nn(Cc2ccccc2)c2ccccc12. The minimum absolute atomic E-state index is 0.377. The van der Waals surface area contributed by atoms with E-state index in [9.17, 15) is 0 Å². The van der Waals surface area contributed by atoms with Crippen molar-refractivity contribution < 1.29 is 4.74 Å². The average Bonchev–Trinajstić information content (AvgIpc) is 2.99. The Bertz CT molecular complexity index is 826. The molecular weight excluding hydrogens is 328 g/mol. The summed E-state index contributed by atoms with van der Waals surface area (Å²) in [6.45, 7) is 3.99. The Hall–Kier alpha value is -2.29. The summed E-state index contributed by atoms with van der Waals surface area (Å²) >= 11 is 0. The van der Waals surface area contributed by atoms with Crippen molar-refractivity contribution in [2.45, 2.75) is 25.7 Å². The molecule has 138 valence electrons. The lowest BCUT2D eigenvalue weighted by Crippen LogP contribution is -2.51. The highest BCUT2D eigenvalue weighted by Gasteiger charge is 2.25. The van der Waals surface area contributed by atoms with Crippen molar-refractivity contribution in [1.29, 1.82) is 0 Å². The molecule has 0 fully saturated rings. The Balaban J connectivity index is 1.84. The van der Waals surface area contributed by atoms with Gasteiger partial charge in [0.15, 0.2) is 0 Å². The summed E-state index contributed by atoms with van der Waals surface area (Å²) in [5, 5.41) is 5.89. The summed E-state index contributed by atoms with van der Waals surface area (Å²) in [6, 6.07) is 18.5. The fraction of sp³-hybridized carbons (Fsp3) is 0.316. The van der Waals surface area contributed by atoms with Gasteiger partial charge in [-0.05, 0) is 18.6 Å². The molecule has 0 radical (unpaired) electrons. The number of nitrogens with two attached hydrogens (primary N) is 2. The number of nitrogens with one attached hydrogen (secondary N) is 2. The van der Waals surface area contributed by atoms with Crippen molar-refractivity contribution in [3.63, 3.8) is 0 Å². The number of fused-ring (bicyclic) bond motifs is 1. The second-order valence-corrected chi connectivity index (χ2v) is 6.61. The van der Waals surface area contributed by atoms with E-state index < -0.39 is 5.60 Å². The van der Waals surface area contributed by atoms with Gasteiger partial charge in [0.25, 0.3) is 0 Å². The monoisotopic (exact) mass is 354 g/mol. The van der Waals surface area contributed by atoms with Crippen LogP contribution >= 0.6 is 0 Å². The second-order valence-electron chi connectivity index (χ2n) is 6.61. The minimum Gasteiger partial charge on any atom is -0.366 e. The standard InChI is InChI=1S/C19H26N6O/c1-19(13-22-20,14-23-21)26-12-17-16-9-5-6-10-18(16)25(24-17)11-15-7-3-2-4-8-15/h2-10,22-23H,11-14,20-21H2,1H3. The molecule has 7 nitrogen and oxygen atoms in total. The molecule has 2 aromatic carbocycles. The van der Waals surface area contributed by atoms with Crippen molar-refractivity contribution >= 4 is 10.9 Å². The van der Waals surface area contributed by atoms with Gasteiger partial charge in [-0.15, -0.1) is 0 Å². The topological polar surface area (TPSA) is 103 Å². The number of ether oxygens (including phenoxy) is 1. The van der Waals surface area contributed by atoms with Crippen LogP contribution in [0.5, 0.6) is 0 Å². The summed E-state index contributed by atoms with van der Waals surface area (Å²) in [4.78, 5) is 0. The smallest absolute Gasteiger partial charge is 0.0960 e. The van der Waals surface area contributed by atoms with Gasteiger partial charge in [0.05, 0.1) is 30.0 Å². The van der Waals surface area contributed by atoms with Gasteiger partial charge < -0.3 is 4.74 Å². The van der Waals surface area contributed by atoms with Gasteiger partial charge in [0.1, 0.15) is 0 Å². The van der Waals surface area contributed by atoms with Crippen LogP contribution in [0.3, 0.4) is 0 Å². The predicted octanol–water partition coefficient (Wildman–Crippen LogP) is 1.29. The van der Waals surface area contributed by atoms with Crippen LogP contribution in [-0.4, -0.2) is 28.5 Å². The first-order valence-electron chi connectivity index (χ1n) is 8.64. The Morgan fingerprint density at radius 2 is 1.65 bits per heavy atom. The first kappa shape index (κ1) is 18.5. The molecular formula is C19H26N6O. The van der Waals surface area contributed by atoms with Crippen LogP contribution < -0.4 is 22.5 Å². The first-order chi connectivity index (χ1) is 12.6. The highest BCUT2D eigenvalue weighted by molar-refractivity contribution is 5.81. The zero-order chi connectivity index (χ0) is 18.4. The maximum absolute atomic E-state index is 6.11. The third kappa shape index (κ3) is 4.27. The average molecular weight is 354 g/mol. The molecule has 0 saturated heterocycles. The van der Waals surface area contributed by atoms with Crippen LogP contribution in [0.15, 0.2) is 54.6 Å². The van der Waals surface area contributed by atoms with Crippen LogP contribution in [0.1, 0.15) is 18.2 Å². The Kier molecular flexibility index (Phi) is 5.97. The fourth-order valence-electron chi connectivity index (χ4n) is 3.02. The number of aromatic nitrogens is 2.